The summed E-state index contributed by atoms with van der Waals surface area (Å²) >= 11 is 3.10. The first-order valence-electron chi connectivity index (χ1n) is 19.3. The summed E-state index contributed by atoms with van der Waals surface area (Å²) in [6, 6.07) is 29.4. The van der Waals surface area contributed by atoms with E-state index in [0.717, 1.165) is 64.6 Å². The lowest BCUT2D eigenvalue weighted by molar-refractivity contribution is -0.193. The van der Waals surface area contributed by atoms with Gasteiger partial charge in [-0.15, -0.1) is 23.5 Å². The molecule has 0 saturated carbocycles. The van der Waals surface area contributed by atoms with Crippen molar-refractivity contribution in [1.29, 1.82) is 0 Å². The molecule has 2 unspecified atom stereocenters. The largest absolute Gasteiger partial charge is 0.497 e. The van der Waals surface area contributed by atoms with Gasteiger partial charge in [-0.1, -0.05) is 49.4 Å². The highest BCUT2D eigenvalue weighted by atomic mass is 32.2. The number of benzene rings is 4. The molecule has 0 fully saturated rings. The van der Waals surface area contributed by atoms with Gasteiger partial charge in [0.05, 0.1) is 36.1 Å². The maximum atomic E-state index is 13.1. The third kappa shape index (κ3) is 15.0. The van der Waals surface area contributed by atoms with Gasteiger partial charge in [0.2, 0.25) is 11.8 Å². The van der Waals surface area contributed by atoms with E-state index in [1.54, 1.807) is 36.9 Å². The second-order valence-electron chi connectivity index (χ2n) is 13.4. The molecule has 62 heavy (non-hydrogen) atoms. The Bertz CT molecular complexity index is 2150. The lowest BCUT2D eigenvalue weighted by Gasteiger charge is -2.33. The van der Waals surface area contributed by atoms with Crippen LogP contribution >= 0.6 is 23.5 Å². The third-order valence-corrected chi connectivity index (χ3v) is 12.2. The number of methoxy groups -OCH3 is 2. The number of nitrogens with one attached hydrogen (secondary N) is 2. The number of aryl methyl sites for hydroxylation is 3. The van der Waals surface area contributed by atoms with Gasteiger partial charge in [-0.05, 0) is 110 Å². The number of hydrogen-bond acceptors (Lipinski definition) is 14. The minimum Gasteiger partial charge on any atom is -0.497 e. The highest BCUT2D eigenvalue weighted by molar-refractivity contribution is 8.01. The van der Waals surface area contributed by atoms with E-state index in [0.29, 0.717) is 18.5 Å². The first kappa shape index (κ1) is 50.1. The molecule has 2 aliphatic heterocycles. The van der Waals surface area contributed by atoms with Crippen molar-refractivity contribution in [3.63, 3.8) is 0 Å². The molecular formula is C44H48N4O12S2. The summed E-state index contributed by atoms with van der Waals surface area (Å²) in [6.45, 7) is 1.67. The number of rotatable bonds is 15. The van der Waals surface area contributed by atoms with Crippen LogP contribution in [-0.2, 0) is 57.6 Å². The van der Waals surface area contributed by atoms with Gasteiger partial charge >= 0.3 is 12.3 Å². The fourth-order valence-electron chi connectivity index (χ4n) is 6.48. The van der Waals surface area contributed by atoms with Crippen molar-refractivity contribution in [3.8, 4) is 11.5 Å². The minimum absolute atomic E-state index is 0.0888. The number of thioether (sulfide) groups is 2. The second-order valence-corrected chi connectivity index (χ2v) is 15.9. The van der Waals surface area contributed by atoms with Crippen LogP contribution in [0.2, 0.25) is 0 Å². The van der Waals surface area contributed by atoms with Crippen molar-refractivity contribution >= 4 is 70.8 Å². The standard InChI is InChI=1S/C22H26N2O4S.C20H22N2O4S.2CO2/c1-3-15-9-12-19-18(13-15)24(14-21(25)23-27)22(26)20(29-19)6-4-5-16-7-10-17(28-2)11-8-16;1-26-15-11-9-14(10-12-15)5-4-8-18-20(24)22(13-19(23)21-25)16-6-2-3-7-17(16)27-18;2*2-1-3/h7-13,20,27H,3-6,14H2,1-2H3,(H,23,25);2-3,6-7,9-12,18,25H,4-5,8,13H2,1H3,(H,21,23);;. The Morgan fingerprint density at radius 3 is 1.45 bits per heavy atom. The zero-order valence-corrected chi connectivity index (χ0v) is 36.0. The first-order chi connectivity index (χ1) is 30.0. The third-order valence-electron chi connectivity index (χ3n) is 9.53. The number of para-hydroxylation sites is 1. The fraction of sp³-hybridized carbons (Fsp3) is 0.318. The molecule has 328 valence electrons. The molecule has 0 aromatic heterocycles. The quantitative estimate of drug-likeness (QED) is 0.0860. The summed E-state index contributed by atoms with van der Waals surface area (Å²) in [4.78, 5) is 86.8. The predicted molar refractivity (Wildman–Crippen MR) is 228 cm³/mol. The van der Waals surface area contributed by atoms with Crippen LogP contribution in [0.4, 0.5) is 11.4 Å². The van der Waals surface area contributed by atoms with Crippen molar-refractivity contribution < 1.29 is 58.2 Å². The number of nitrogens with zero attached hydrogens (tertiary/aromatic N) is 2. The van der Waals surface area contributed by atoms with Gasteiger partial charge in [-0.25, -0.2) is 11.0 Å². The van der Waals surface area contributed by atoms with Crippen molar-refractivity contribution in [2.24, 2.45) is 0 Å². The second kappa shape index (κ2) is 26.8. The SMILES string of the molecule is CCc1ccc2c(c1)N(CC(=O)NO)C(=O)C(CCCc1ccc(OC)cc1)S2.COc1ccc(CCCC2Sc3ccccc3N(CC(=O)NO)C2=O)cc1.O=C=O.O=C=O. The van der Waals surface area contributed by atoms with Crippen LogP contribution in [0.15, 0.2) is 101 Å². The fourth-order valence-corrected chi connectivity index (χ4v) is 9.01. The molecule has 4 N–H and O–H groups in total. The Kier molecular flexibility index (Phi) is 21.7. The summed E-state index contributed by atoms with van der Waals surface area (Å²) in [5.74, 6) is 0.252. The molecule has 2 heterocycles. The number of ether oxygens (including phenoxy) is 2. The van der Waals surface area contributed by atoms with Gasteiger partial charge in [0.15, 0.2) is 0 Å². The Hall–Kier alpha value is -6.26. The molecule has 0 saturated heterocycles. The molecule has 18 heteroatoms. The van der Waals surface area contributed by atoms with Crippen LogP contribution in [0.25, 0.3) is 0 Å². The van der Waals surface area contributed by atoms with E-state index in [1.807, 2.05) is 91.9 Å². The van der Waals surface area contributed by atoms with E-state index < -0.39 is 11.8 Å². The Labute approximate surface area is 367 Å². The van der Waals surface area contributed by atoms with Crippen molar-refractivity contribution in [3.05, 3.63) is 108 Å². The zero-order valence-electron chi connectivity index (χ0n) is 34.4. The van der Waals surface area contributed by atoms with Crippen LogP contribution in [0.5, 0.6) is 11.5 Å². The molecule has 6 rings (SSSR count). The van der Waals surface area contributed by atoms with Crippen LogP contribution in [0.3, 0.4) is 0 Å². The number of carbonyl (C=O) groups is 4. The molecule has 2 atom stereocenters. The average Bonchev–Trinajstić information content (AvgIpc) is 3.29. The summed E-state index contributed by atoms with van der Waals surface area (Å²) < 4.78 is 10.3. The van der Waals surface area contributed by atoms with Crippen LogP contribution in [0.1, 0.15) is 49.3 Å². The lowest BCUT2D eigenvalue weighted by atomic mass is 10.1. The highest BCUT2D eigenvalue weighted by Gasteiger charge is 2.35. The van der Waals surface area contributed by atoms with Gasteiger partial charge in [-0.3, -0.25) is 29.6 Å². The van der Waals surface area contributed by atoms with Gasteiger partial charge in [0.1, 0.15) is 24.6 Å². The molecule has 0 bridgehead atoms. The minimum atomic E-state index is -0.609. The summed E-state index contributed by atoms with van der Waals surface area (Å²) in [5.41, 5.74) is 8.18. The molecule has 4 amide bonds. The molecule has 4 aromatic rings. The summed E-state index contributed by atoms with van der Waals surface area (Å²) in [7, 11) is 3.28. The number of anilines is 2. The molecule has 0 radical (unpaired) electrons. The van der Waals surface area contributed by atoms with E-state index >= 15 is 0 Å². The van der Waals surface area contributed by atoms with Crippen molar-refractivity contribution in [2.45, 2.75) is 72.2 Å². The molecule has 0 spiro atoms. The molecular weight excluding hydrogens is 841 g/mol. The number of carbonyl (C=O) groups excluding carboxylic acids is 8. The van der Waals surface area contributed by atoms with E-state index in [-0.39, 0.29) is 47.7 Å². The molecule has 0 aliphatic carbocycles. The van der Waals surface area contributed by atoms with Gasteiger partial charge < -0.3 is 19.3 Å². The Morgan fingerprint density at radius 2 is 1.03 bits per heavy atom. The number of hydroxylamine groups is 2. The summed E-state index contributed by atoms with van der Waals surface area (Å²) in [6.07, 6.45) is 6.22. The van der Waals surface area contributed by atoms with Crippen LogP contribution in [-0.4, -0.2) is 84.2 Å². The first-order valence-corrected chi connectivity index (χ1v) is 21.0. The zero-order chi connectivity index (χ0) is 45.4. The number of fused-ring (bicyclic) bond motifs is 2. The maximum absolute atomic E-state index is 13.1. The molecule has 4 aromatic carbocycles. The highest BCUT2D eigenvalue weighted by Crippen LogP contribution is 2.42. The normalized spacial score (nSPS) is 14.6. The van der Waals surface area contributed by atoms with Gasteiger partial charge in [-0.2, -0.15) is 19.2 Å². The van der Waals surface area contributed by atoms with E-state index in [9.17, 15) is 19.2 Å². The van der Waals surface area contributed by atoms with Crippen LogP contribution < -0.4 is 30.2 Å². The Morgan fingerprint density at radius 1 is 0.629 bits per heavy atom. The number of amides is 4. The van der Waals surface area contributed by atoms with Gasteiger partial charge in [0.25, 0.3) is 11.8 Å². The van der Waals surface area contributed by atoms with E-state index in [1.165, 1.54) is 32.7 Å². The lowest BCUT2D eigenvalue weighted by Crippen LogP contribution is -2.46. The predicted octanol–water partition coefficient (Wildman–Crippen LogP) is 5.46. The topological polar surface area (TPSA) is 226 Å². The average molecular weight is 889 g/mol. The molecule has 2 aliphatic rings. The van der Waals surface area contributed by atoms with E-state index in [2.05, 4.69) is 6.07 Å². The summed E-state index contributed by atoms with van der Waals surface area (Å²) in [5, 5.41) is 17.2. The van der Waals surface area contributed by atoms with Gasteiger partial charge in [0, 0.05) is 9.79 Å². The van der Waals surface area contributed by atoms with Crippen LogP contribution in [0, 0.1) is 0 Å². The van der Waals surface area contributed by atoms with E-state index in [4.69, 9.17) is 39.1 Å². The number of hydrogen-bond donors (Lipinski definition) is 4. The van der Waals surface area contributed by atoms with Crippen molar-refractivity contribution in [2.75, 3.05) is 37.1 Å². The smallest absolute Gasteiger partial charge is 0.373 e. The monoisotopic (exact) mass is 888 g/mol. The van der Waals surface area contributed by atoms with Crippen molar-refractivity contribution in [1.82, 2.24) is 11.0 Å². The Balaban J connectivity index is 0.000000294. The maximum Gasteiger partial charge on any atom is 0.373 e. The molecule has 16 nitrogen and oxygen atoms in total.